The van der Waals surface area contributed by atoms with Gasteiger partial charge < -0.3 is 10.2 Å². The SMILES string of the molecule is CC(C)C1CN(CC(C)(O)C(=O)O)C1. The molecule has 0 saturated carbocycles. The van der Waals surface area contributed by atoms with E-state index in [-0.39, 0.29) is 6.54 Å². The number of likely N-dealkylation sites (tertiary alicyclic amines) is 1. The van der Waals surface area contributed by atoms with Crippen LogP contribution in [0.2, 0.25) is 0 Å². The Bertz CT molecular complexity index is 219. The third kappa shape index (κ3) is 2.45. The minimum absolute atomic E-state index is 0.228. The first-order chi connectivity index (χ1) is 6.33. The molecule has 4 heteroatoms. The Morgan fingerprint density at radius 1 is 1.57 bits per heavy atom. The van der Waals surface area contributed by atoms with Gasteiger partial charge >= 0.3 is 5.97 Å². The van der Waals surface area contributed by atoms with Crippen molar-refractivity contribution in [1.29, 1.82) is 0 Å². The Labute approximate surface area is 84.5 Å². The van der Waals surface area contributed by atoms with E-state index in [1.165, 1.54) is 6.92 Å². The molecule has 1 aliphatic heterocycles. The first-order valence-corrected chi connectivity index (χ1v) is 5.01. The van der Waals surface area contributed by atoms with E-state index in [0.717, 1.165) is 13.1 Å². The molecule has 0 aromatic heterocycles. The molecule has 0 amide bonds. The minimum Gasteiger partial charge on any atom is -0.479 e. The summed E-state index contributed by atoms with van der Waals surface area (Å²) in [6.07, 6.45) is 0. The number of carboxylic acids is 1. The standard InChI is InChI=1S/C10H19NO3/c1-7(2)8-4-11(5-8)6-10(3,14)9(12)13/h7-8,14H,4-6H2,1-3H3,(H,12,13). The zero-order chi connectivity index (χ0) is 10.9. The summed E-state index contributed by atoms with van der Waals surface area (Å²) in [5, 5.41) is 18.2. The molecule has 14 heavy (non-hydrogen) atoms. The highest BCUT2D eigenvalue weighted by Crippen LogP contribution is 2.24. The number of hydrogen-bond acceptors (Lipinski definition) is 3. The van der Waals surface area contributed by atoms with Crippen molar-refractivity contribution in [3.05, 3.63) is 0 Å². The van der Waals surface area contributed by atoms with E-state index in [1.807, 2.05) is 4.90 Å². The number of nitrogens with zero attached hydrogens (tertiary/aromatic N) is 1. The number of aliphatic hydroxyl groups is 1. The first kappa shape index (κ1) is 11.5. The zero-order valence-electron chi connectivity index (χ0n) is 9.03. The van der Waals surface area contributed by atoms with Gasteiger partial charge in [-0.1, -0.05) is 13.8 Å². The molecule has 0 bridgehead atoms. The fourth-order valence-electron chi connectivity index (χ4n) is 1.66. The van der Waals surface area contributed by atoms with Crippen molar-refractivity contribution in [2.45, 2.75) is 26.4 Å². The number of hydrogen-bond donors (Lipinski definition) is 2. The van der Waals surface area contributed by atoms with Gasteiger partial charge in [-0.2, -0.15) is 0 Å². The van der Waals surface area contributed by atoms with Crippen LogP contribution < -0.4 is 0 Å². The largest absolute Gasteiger partial charge is 0.479 e. The van der Waals surface area contributed by atoms with Crippen molar-refractivity contribution in [2.75, 3.05) is 19.6 Å². The molecule has 1 saturated heterocycles. The van der Waals surface area contributed by atoms with Crippen LogP contribution in [0.5, 0.6) is 0 Å². The number of aliphatic carboxylic acids is 1. The Hall–Kier alpha value is -0.610. The van der Waals surface area contributed by atoms with Gasteiger partial charge in [-0.3, -0.25) is 4.90 Å². The minimum atomic E-state index is -1.61. The molecule has 82 valence electrons. The number of carbonyl (C=O) groups is 1. The van der Waals surface area contributed by atoms with E-state index in [2.05, 4.69) is 13.8 Å². The van der Waals surface area contributed by atoms with Gasteiger partial charge in [0.05, 0.1) is 0 Å². The highest BCUT2D eigenvalue weighted by Gasteiger charge is 2.37. The molecular weight excluding hydrogens is 182 g/mol. The van der Waals surface area contributed by atoms with Crippen LogP contribution in [-0.4, -0.2) is 46.3 Å². The zero-order valence-corrected chi connectivity index (χ0v) is 9.03. The van der Waals surface area contributed by atoms with Crippen LogP contribution in [0, 0.1) is 11.8 Å². The van der Waals surface area contributed by atoms with Crippen molar-refractivity contribution < 1.29 is 15.0 Å². The van der Waals surface area contributed by atoms with Gasteiger partial charge in [-0.25, -0.2) is 4.79 Å². The lowest BCUT2D eigenvalue weighted by atomic mass is 9.87. The number of β-amino-alcohol motifs (C(OH)–C–C–N with tert-alkyl or cyclic N) is 1. The van der Waals surface area contributed by atoms with Gasteiger partial charge in [-0.05, 0) is 18.8 Å². The van der Waals surface area contributed by atoms with E-state index in [4.69, 9.17) is 5.11 Å². The smallest absolute Gasteiger partial charge is 0.336 e. The average Bonchev–Trinajstić information content (AvgIpc) is 1.94. The van der Waals surface area contributed by atoms with Crippen molar-refractivity contribution in [1.82, 2.24) is 4.90 Å². The van der Waals surface area contributed by atoms with Crippen LogP contribution in [0.25, 0.3) is 0 Å². The second kappa shape index (κ2) is 3.87. The lowest BCUT2D eigenvalue weighted by Gasteiger charge is -2.43. The normalized spacial score (nSPS) is 23.2. The number of carboxylic acid groups (broad SMARTS) is 1. The summed E-state index contributed by atoms with van der Waals surface area (Å²) in [7, 11) is 0. The van der Waals surface area contributed by atoms with Crippen LogP contribution in [0.15, 0.2) is 0 Å². The highest BCUT2D eigenvalue weighted by atomic mass is 16.4. The molecule has 1 fully saturated rings. The summed E-state index contributed by atoms with van der Waals surface area (Å²) in [5.74, 6) is 0.145. The lowest BCUT2D eigenvalue weighted by molar-refractivity contribution is -0.160. The van der Waals surface area contributed by atoms with Gasteiger partial charge in [-0.15, -0.1) is 0 Å². The third-order valence-electron chi connectivity index (χ3n) is 2.92. The summed E-state index contributed by atoms with van der Waals surface area (Å²) in [6.45, 7) is 7.71. The summed E-state index contributed by atoms with van der Waals surface area (Å²) in [4.78, 5) is 12.6. The molecule has 1 heterocycles. The van der Waals surface area contributed by atoms with Crippen LogP contribution >= 0.6 is 0 Å². The quantitative estimate of drug-likeness (QED) is 0.691. The van der Waals surface area contributed by atoms with Crippen LogP contribution in [0.3, 0.4) is 0 Å². The highest BCUT2D eigenvalue weighted by molar-refractivity contribution is 5.76. The maximum atomic E-state index is 10.6. The fraction of sp³-hybridized carbons (Fsp3) is 0.900. The predicted octanol–water partition coefficient (Wildman–Crippen LogP) is 0.410. The van der Waals surface area contributed by atoms with Gasteiger partial charge in [0.2, 0.25) is 0 Å². The molecular formula is C10H19NO3. The molecule has 1 atom stereocenters. The van der Waals surface area contributed by atoms with E-state index >= 15 is 0 Å². The summed E-state index contributed by atoms with van der Waals surface area (Å²) in [5.41, 5.74) is -1.61. The van der Waals surface area contributed by atoms with Crippen molar-refractivity contribution in [3.63, 3.8) is 0 Å². The Morgan fingerprint density at radius 2 is 2.07 bits per heavy atom. The average molecular weight is 201 g/mol. The predicted molar refractivity (Wildman–Crippen MR) is 53.0 cm³/mol. The maximum Gasteiger partial charge on any atom is 0.336 e. The third-order valence-corrected chi connectivity index (χ3v) is 2.92. The van der Waals surface area contributed by atoms with Crippen molar-refractivity contribution in [2.24, 2.45) is 11.8 Å². The van der Waals surface area contributed by atoms with E-state index in [0.29, 0.717) is 11.8 Å². The molecule has 0 aromatic rings. The Morgan fingerprint density at radius 3 is 2.43 bits per heavy atom. The van der Waals surface area contributed by atoms with E-state index in [9.17, 15) is 9.90 Å². The van der Waals surface area contributed by atoms with E-state index < -0.39 is 11.6 Å². The van der Waals surface area contributed by atoms with E-state index in [1.54, 1.807) is 0 Å². The molecule has 1 unspecified atom stereocenters. The van der Waals surface area contributed by atoms with Gasteiger partial charge in [0.15, 0.2) is 5.60 Å². The molecule has 0 aliphatic carbocycles. The van der Waals surface area contributed by atoms with Crippen molar-refractivity contribution in [3.8, 4) is 0 Å². The van der Waals surface area contributed by atoms with Crippen LogP contribution in [0.1, 0.15) is 20.8 Å². The summed E-state index contributed by atoms with van der Waals surface area (Å²) in [6, 6.07) is 0. The van der Waals surface area contributed by atoms with Crippen LogP contribution in [0.4, 0.5) is 0 Å². The molecule has 2 N–H and O–H groups in total. The van der Waals surface area contributed by atoms with Crippen LogP contribution in [-0.2, 0) is 4.79 Å². The van der Waals surface area contributed by atoms with Gasteiger partial charge in [0.1, 0.15) is 0 Å². The van der Waals surface area contributed by atoms with Crippen molar-refractivity contribution >= 4 is 5.97 Å². The summed E-state index contributed by atoms with van der Waals surface area (Å²) >= 11 is 0. The Balaban J connectivity index is 2.32. The molecule has 0 radical (unpaired) electrons. The monoisotopic (exact) mass is 201 g/mol. The summed E-state index contributed by atoms with van der Waals surface area (Å²) < 4.78 is 0. The molecule has 0 aromatic carbocycles. The second-order valence-corrected chi connectivity index (χ2v) is 4.78. The second-order valence-electron chi connectivity index (χ2n) is 4.78. The lowest BCUT2D eigenvalue weighted by Crippen LogP contribution is -2.56. The fourth-order valence-corrected chi connectivity index (χ4v) is 1.66. The topological polar surface area (TPSA) is 60.8 Å². The molecule has 1 aliphatic rings. The van der Waals surface area contributed by atoms with Gasteiger partial charge in [0, 0.05) is 19.6 Å². The maximum absolute atomic E-state index is 10.6. The molecule has 1 rings (SSSR count). The Kier molecular flexibility index (Phi) is 3.17. The first-order valence-electron chi connectivity index (χ1n) is 5.01. The molecule has 4 nitrogen and oxygen atoms in total. The molecule has 0 spiro atoms. The number of rotatable bonds is 4. The van der Waals surface area contributed by atoms with Gasteiger partial charge in [0.25, 0.3) is 0 Å².